The number of methoxy groups -OCH3 is 1. The van der Waals surface area contributed by atoms with Gasteiger partial charge in [0.15, 0.2) is 6.10 Å². The molecule has 2 aliphatic heterocycles. The van der Waals surface area contributed by atoms with Crippen molar-refractivity contribution in [1.29, 1.82) is 0 Å². The number of carbonyl (C=O) groups excluding carboxylic acids is 6. The molecule has 2 aliphatic rings. The largest absolute Gasteiger partial charge is 0.499 e. The Balaban J connectivity index is 2.37. The van der Waals surface area contributed by atoms with Gasteiger partial charge in [0.05, 0.1) is 13.2 Å². The first-order valence-electron chi connectivity index (χ1n) is 16.5. The highest BCUT2D eigenvalue weighted by Gasteiger charge is 2.48. The maximum atomic E-state index is 14.2. The number of carbonyl (C=O) groups is 6. The molecule has 0 saturated carbocycles. The lowest BCUT2D eigenvalue weighted by Gasteiger charge is -2.38. The molecule has 0 aromatic heterocycles. The Kier molecular flexibility index (Phi) is 13.8. The fraction of sp³-hybridized carbons (Fsp3) is 0.765. The van der Waals surface area contributed by atoms with Gasteiger partial charge in [-0.3, -0.25) is 28.9 Å². The zero-order valence-electron chi connectivity index (χ0n) is 29.9. The molecule has 2 heterocycles. The summed E-state index contributed by atoms with van der Waals surface area (Å²) in [6, 6.07) is -3.26. The van der Waals surface area contributed by atoms with Crippen LogP contribution in [-0.4, -0.2) is 113 Å². The number of amides is 5. The summed E-state index contributed by atoms with van der Waals surface area (Å²) < 4.78 is 11.3. The van der Waals surface area contributed by atoms with E-state index in [1.54, 1.807) is 6.92 Å². The van der Waals surface area contributed by atoms with E-state index in [1.807, 2.05) is 48.5 Å². The SMILES string of the molecule is CC[C@H](C)[C@@H](OC(=O)[C@H](CC(C)C)N(C)C(C)=O)C(=O)N(C)[C@H](C(=O)N1CCC[C@@H]1C(=O)N1C(=O)C=C(OC)[C@@H]1C(C)C)C(C)C. The van der Waals surface area contributed by atoms with E-state index in [4.69, 9.17) is 9.47 Å². The van der Waals surface area contributed by atoms with Crippen LogP contribution in [0.4, 0.5) is 0 Å². The number of ether oxygens (including phenoxy) is 2. The average molecular weight is 649 g/mol. The predicted octanol–water partition coefficient (Wildman–Crippen LogP) is 3.24. The molecule has 5 amide bonds. The number of hydrogen-bond donors (Lipinski definition) is 0. The maximum absolute atomic E-state index is 14.2. The van der Waals surface area contributed by atoms with Gasteiger partial charge in [-0.1, -0.05) is 55.4 Å². The molecule has 0 radical (unpaired) electrons. The number of likely N-dealkylation sites (N-methyl/N-ethyl adjacent to an activating group) is 2. The van der Waals surface area contributed by atoms with Gasteiger partial charge in [-0.15, -0.1) is 0 Å². The van der Waals surface area contributed by atoms with Crippen molar-refractivity contribution in [1.82, 2.24) is 19.6 Å². The second-order valence-corrected chi connectivity index (χ2v) is 13.8. The first-order valence-corrected chi connectivity index (χ1v) is 16.5. The lowest BCUT2D eigenvalue weighted by Crippen LogP contribution is -2.59. The molecule has 0 N–H and O–H groups in total. The second kappa shape index (κ2) is 16.4. The first-order chi connectivity index (χ1) is 21.4. The molecule has 0 bridgehead atoms. The summed E-state index contributed by atoms with van der Waals surface area (Å²) >= 11 is 0. The van der Waals surface area contributed by atoms with Gasteiger partial charge in [0, 0.05) is 39.6 Å². The van der Waals surface area contributed by atoms with Crippen LogP contribution in [0.15, 0.2) is 11.8 Å². The third-order valence-corrected chi connectivity index (χ3v) is 9.23. The molecule has 6 atom stereocenters. The van der Waals surface area contributed by atoms with Crippen molar-refractivity contribution in [3.05, 3.63) is 11.8 Å². The van der Waals surface area contributed by atoms with Crippen LogP contribution in [0.1, 0.15) is 88.0 Å². The van der Waals surface area contributed by atoms with Gasteiger partial charge in [-0.05, 0) is 43.4 Å². The number of rotatable bonds is 14. The minimum atomic E-state index is -1.19. The molecule has 260 valence electrons. The van der Waals surface area contributed by atoms with Crippen molar-refractivity contribution in [3.63, 3.8) is 0 Å². The number of nitrogens with zero attached hydrogens (tertiary/aromatic N) is 4. The van der Waals surface area contributed by atoms with Crippen LogP contribution in [0.25, 0.3) is 0 Å². The Bertz CT molecular complexity index is 1180. The first kappa shape index (κ1) is 38.7. The van der Waals surface area contributed by atoms with Crippen molar-refractivity contribution < 1.29 is 38.2 Å². The van der Waals surface area contributed by atoms with Gasteiger partial charge in [-0.2, -0.15) is 0 Å². The van der Waals surface area contributed by atoms with Crippen LogP contribution in [0.5, 0.6) is 0 Å². The van der Waals surface area contributed by atoms with Gasteiger partial charge < -0.3 is 24.2 Å². The molecule has 46 heavy (non-hydrogen) atoms. The Morgan fingerprint density at radius 3 is 2.09 bits per heavy atom. The predicted molar refractivity (Wildman–Crippen MR) is 173 cm³/mol. The van der Waals surface area contributed by atoms with E-state index in [-0.39, 0.29) is 29.6 Å². The lowest BCUT2D eigenvalue weighted by molar-refractivity contribution is -0.171. The zero-order valence-corrected chi connectivity index (χ0v) is 29.9. The highest BCUT2D eigenvalue weighted by Crippen LogP contribution is 2.31. The molecule has 0 aromatic rings. The number of esters is 1. The molecule has 0 spiro atoms. The van der Waals surface area contributed by atoms with E-state index < -0.39 is 59.9 Å². The van der Waals surface area contributed by atoms with Crippen molar-refractivity contribution in [3.8, 4) is 0 Å². The molecule has 12 nitrogen and oxygen atoms in total. The quantitative estimate of drug-likeness (QED) is 0.207. The van der Waals surface area contributed by atoms with Gasteiger partial charge in [0.25, 0.3) is 17.7 Å². The van der Waals surface area contributed by atoms with Crippen LogP contribution in [0.3, 0.4) is 0 Å². The molecule has 1 saturated heterocycles. The van der Waals surface area contributed by atoms with Crippen LogP contribution in [-0.2, 0) is 38.2 Å². The summed E-state index contributed by atoms with van der Waals surface area (Å²) in [6.07, 6.45) is 1.98. The summed E-state index contributed by atoms with van der Waals surface area (Å²) in [6.45, 7) is 16.7. The highest BCUT2D eigenvalue weighted by molar-refractivity contribution is 6.07. The Morgan fingerprint density at radius 2 is 1.61 bits per heavy atom. The molecular formula is C34H56N4O8. The van der Waals surface area contributed by atoms with E-state index in [2.05, 4.69) is 0 Å². The molecule has 12 heteroatoms. The standard InChI is InChI=1S/C34H56N4O8/c1-13-22(8)30(46-34(44)25(17-19(2)3)35(10)23(9)39)33(43)36(11)29(21(6)7)32(42)37-16-14-15-24(37)31(41)38-27(40)18-26(45-12)28(38)20(4)5/h18-22,24-25,28-30H,13-17H2,1-12H3/t22-,24+,25-,28-,29-,30+/m0/s1. The smallest absolute Gasteiger partial charge is 0.329 e. The Morgan fingerprint density at radius 1 is 1.00 bits per heavy atom. The Labute approximate surface area is 274 Å². The van der Waals surface area contributed by atoms with Gasteiger partial charge in [0.1, 0.15) is 23.9 Å². The van der Waals surface area contributed by atoms with E-state index in [1.165, 1.54) is 53.8 Å². The third-order valence-electron chi connectivity index (χ3n) is 9.23. The maximum Gasteiger partial charge on any atom is 0.329 e. The highest BCUT2D eigenvalue weighted by atomic mass is 16.6. The van der Waals surface area contributed by atoms with E-state index in [0.717, 1.165) is 0 Å². The molecular weight excluding hydrogens is 592 g/mol. The van der Waals surface area contributed by atoms with Crippen LogP contribution in [0, 0.1) is 23.7 Å². The fourth-order valence-corrected chi connectivity index (χ4v) is 6.35. The van der Waals surface area contributed by atoms with E-state index >= 15 is 0 Å². The summed E-state index contributed by atoms with van der Waals surface area (Å²) in [4.78, 5) is 86.2. The normalized spacial score (nSPS) is 20.8. The second-order valence-electron chi connectivity index (χ2n) is 13.8. The average Bonchev–Trinajstić information content (AvgIpc) is 3.61. The monoisotopic (exact) mass is 648 g/mol. The third kappa shape index (κ3) is 8.47. The van der Waals surface area contributed by atoms with E-state index in [0.29, 0.717) is 38.0 Å². The van der Waals surface area contributed by atoms with Crippen molar-refractivity contribution in [2.75, 3.05) is 27.7 Å². The summed E-state index contributed by atoms with van der Waals surface area (Å²) in [5.74, 6) is -3.17. The van der Waals surface area contributed by atoms with E-state index in [9.17, 15) is 28.8 Å². The summed E-state index contributed by atoms with van der Waals surface area (Å²) in [5.41, 5.74) is 0. The molecule has 2 rings (SSSR count). The lowest BCUT2D eigenvalue weighted by atomic mass is 9.96. The van der Waals surface area contributed by atoms with Gasteiger partial charge >= 0.3 is 5.97 Å². The fourth-order valence-electron chi connectivity index (χ4n) is 6.35. The summed E-state index contributed by atoms with van der Waals surface area (Å²) in [5, 5.41) is 0. The minimum absolute atomic E-state index is 0.0855. The van der Waals surface area contributed by atoms with Crippen molar-refractivity contribution >= 4 is 35.5 Å². The van der Waals surface area contributed by atoms with Crippen LogP contribution >= 0.6 is 0 Å². The zero-order chi connectivity index (χ0) is 35.2. The number of hydrogen-bond acceptors (Lipinski definition) is 8. The van der Waals surface area contributed by atoms with Crippen LogP contribution in [0.2, 0.25) is 0 Å². The van der Waals surface area contributed by atoms with Gasteiger partial charge in [-0.25, -0.2) is 4.79 Å². The number of imide groups is 1. The van der Waals surface area contributed by atoms with Gasteiger partial charge in [0.2, 0.25) is 11.8 Å². The Hall–Kier alpha value is -3.44. The van der Waals surface area contributed by atoms with Crippen molar-refractivity contribution in [2.45, 2.75) is 118 Å². The summed E-state index contributed by atoms with van der Waals surface area (Å²) in [7, 11) is 4.52. The molecule has 0 aromatic carbocycles. The molecule has 1 fully saturated rings. The topological polar surface area (TPSA) is 134 Å². The van der Waals surface area contributed by atoms with Crippen molar-refractivity contribution in [2.24, 2.45) is 23.7 Å². The van der Waals surface area contributed by atoms with Crippen LogP contribution < -0.4 is 0 Å². The molecule has 0 aliphatic carbocycles. The minimum Gasteiger partial charge on any atom is -0.499 e. The molecule has 0 unspecified atom stereocenters. The number of likely N-dealkylation sites (tertiary alicyclic amines) is 1.